The average Bonchev–Trinajstić information content (AvgIpc) is 3.06. The molecule has 8 heteroatoms. The molecule has 166 valence electrons. The smallest absolute Gasteiger partial charge is 0.340 e. The Morgan fingerprint density at radius 2 is 2.00 bits per heavy atom. The van der Waals surface area contributed by atoms with Crippen LogP contribution in [0.3, 0.4) is 0 Å². The number of benzene rings is 1. The van der Waals surface area contributed by atoms with E-state index < -0.39 is 5.97 Å². The number of rotatable bonds is 6. The number of likely N-dealkylation sites (tertiary alicyclic amines) is 1. The van der Waals surface area contributed by atoms with Gasteiger partial charge in [-0.2, -0.15) is 0 Å². The largest absolute Gasteiger partial charge is 0.462 e. The highest BCUT2D eigenvalue weighted by molar-refractivity contribution is 6.00. The number of hydrogen-bond acceptors (Lipinski definition) is 4. The lowest BCUT2D eigenvalue weighted by atomic mass is 9.96. The summed E-state index contributed by atoms with van der Waals surface area (Å²) in [6.45, 7) is 6.33. The summed E-state index contributed by atoms with van der Waals surface area (Å²) in [6.07, 6.45) is 1.34. The van der Waals surface area contributed by atoms with Crippen molar-refractivity contribution >= 4 is 17.8 Å². The Labute approximate surface area is 181 Å². The lowest BCUT2D eigenvalue weighted by Gasteiger charge is -2.32. The van der Waals surface area contributed by atoms with Crippen LogP contribution in [0.5, 0.6) is 0 Å². The van der Waals surface area contributed by atoms with Crippen molar-refractivity contribution in [3.05, 3.63) is 58.2 Å². The highest BCUT2D eigenvalue weighted by atomic mass is 19.1. The van der Waals surface area contributed by atoms with Crippen LogP contribution >= 0.6 is 0 Å². The van der Waals surface area contributed by atoms with Gasteiger partial charge >= 0.3 is 5.97 Å². The van der Waals surface area contributed by atoms with Crippen LogP contribution < -0.4 is 5.32 Å². The first-order valence-electron chi connectivity index (χ1n) is 10.5. The number of carbonyl (C=O) groups is 3. The van der Waals surface area contributed by atoms with Gasteiger partial charge in [-0.05, 0) is 45.2 Å². The zero-order valence-electron chi connectivity index (χ0n) is 18.1. The molecule has 31 heavy (non-hydrogen) atoms. The standard InChI is InChI=1S/C23H28FN3O4/c1-4-31-23(30)19-14(2)20(26-15(19)3)22(29)27-11-7-9-17(13-27)21(28)25-12-16-8-5-6-10-18(16)24/h5-6,8,10,17,26H,4,7,9,11-13H2,1-3H3,(H,25,28)/t17-/m1/s1. The molecule has 2 N–H and O–H groups in total. The summed E-state index contributed by atoms with van der Waals surface area (Å²) < 4.78 is 18.9. The zero-order chi connectivity index (χ0) is 22.5. The first-order chi connectivity index (χ1) is 14.8. The Balaban J connectivity index is 1.67. The topological polar surface area (TPSA) is 91.5 Å². The minimum absolute atomic E-state index is 0.105. The maximum absolute atomic E-state index is 13.8. The zero-order valence-corrected chi connectivity index (χ0v) is 18.1. The predicted octanol–water partition coefficient (Wildman–Crippen LogP) is 3.12. The van der Waals surface area contributed by atoms with Crippen LogP contribution in [-0.4, -0.2) is 47.4 Å². The van der Waals surface area contributed by atoms with E-state index in [9.17, 15) is 18.8 Å². The second-order valence-electron chi connectivity index (χ2n) is 7.75. The molecular weight excluding hydrogens is 401 g/mol. The van der Waals surface area contributed by atoms with Crippen molar-refractivity contribution in [1.82, 2.24) is 15.2 Å². The van der Waals surface area contributed by atoms with Crippen molar-refractivity contribution in [2.24, 2.45) is 5.92 Å². The van der Waals surface area contributed by atoms with Gasteiger partial charge in [-0.1, -0.05) is 18.2 Å². The second kappa shape index (κ2) is 9.76. The number of H-pyrrole nitrogens is 1. The SMILES string of the molecule is CCOC(=O)c1c(C)[nH]c(C(=O)N2CCC[C@@H](C(=O)NCc3ccccc3F)C2)c1C. The number of amides is 2. The molecule has 1 aliphatic rings. The van der Waals surface area contributed by atoms with Gasteiger partial charge in [0.25, 0.3) is 5.91 Å². The van der Waals surface area contributed by atoms with Gasteiger partial charge in [0.05, 0.1) is 18.1 Å². The molecule has 0 radical (unpaired) electrons. The van der Waals surface area contributed by atoms with E-state index in [-0.39, 0.29) is 43.2 Å². The van der Waals surface area contributed by atoms with Crippen LogP contribution in [0.1, 0.15) is 57.4 Å². The van der Waals surface area contributed by atoms with E-state index in [4.69, 9.17) is 4.74 Å². The third kappa shape index (κ3) is 4.95. The van der Waals surface area contributed by atoms with E-state index >= 15 is 0 Å². The van der Waals surface area contributed by atoms with Gasteiger partial charge in [0.1, 0.15) is 11.5 Å². The van der Waals surface area contributed by atoms with Crippen LogP contribution in [0.4, 0.5) is 4.39 Å². The number of carbonyl (C=O) groups excluding carboxylic acids is 3. The number of esters is 1. The fourth-order valence-corrected chi connectivity index (χ4v) is 3.98. The molecule has 2 heterocycles. The summed E-state index contributed by atoms with van der Waals surface area (Å²) in [7, 11) is 0. The van der Waals surface area contributed by atoms with E-state index in [1.165, 1.54) is 6.07 Å². The molecule has 7 nitrogen and oxygen atoms in total. The molecule has 0 saturated carbocycles. The van der Waals surface area contributed by atoms with E-state index in [0.29, 0.717) is 47.5 Å². The van der Waals surface area contributed by atoms with Crippen molar-refractivity contribution in [3.63, 3.8) is 0 Å². The molecule has 1 saturated heterocycles. The molecule has 0 aliphatic carbocycles. The van der Waals surface area contributed by atoms with Crippen molar-refractivity contribution in [2.45, 2.75) is 40.2 Å². The minimum Gasteiger partial charge on any atom is -0.462 e. The van der Waals surface area contributed by atoms with Crippen LogP contribution in [0.25, 0.3) is 0 Å². The number of aromatic amines is 1. The number of aromatic nitrogens is 1. The Morgan fingerprint density at radius 1 is 1.26 bits per heavy atom. The number of nitrogens with zero attached hydrogens (tertiary/aromatic N) is 1. The molecular formula is C23H28FN3O4. The van der Waals surface area contributed by atoms with Crippen LogP contribution in [0.15, 0.2) is 24.3 Å². The number of nitrogens with one attached hydrogen (secondary N) is 2. The van der Waals surface area contributed by atoms with Gasteiger partial charge in [0.15, 0.2) is 0 Å². The van der Waals surface area contributed by atoms with Crippen molar-refractivity contribution < 1.29 is 23.5 Å². The summed E-state index contributed by atoms with van der Waals surface area (Å²) >= 11 is 0. The first-order valence-corrected chi connectivity index (χ1v) is 10.5. The normalized spacial score (nSPS) is 16.1. The maximum atomic E-state index is 13.8. The fraction of sp³-hybridized carbons (Fsp3) is 0.435. The van der Waals surface area contributed by atoms with Gasteiger partial charge in [-0.3, -0.25) is 9.59 Å². The Morgan fingerprint density at radius 3 is 2.71 bits per heavy atom. The molecule has 1 atom stereocenters. The number of ether oxygens (including phenoxy) is 1. The first kappa shape index (κ1) is 22.5. The van der Waals surface area contributed by atoms with E-state index in [2.05, 4.69) is 10.3 Å². The van der Waals surface area contributed by atoms with Crippen molar-refractivity contribution in [2.75, 3.05) is 19.7 Å². The highest BCUT2D eigenvalue weighted by Crippen LogP contribution is 2.24. The van der Waals surface area contributed by atoms with E-state index in [1.54, 1.807) is 43.9 Å². The predicted molar refractivity (Wildman–Crippen MR) is 113 cm³/mol. The molecule has 0 unspecified atom stereocenters. The van der Waals surface area contributed by atoms with Crippen LogP contribution in [0.2, 0.25) is 0 Å². The Kier molecular flexibility index (Phi) is 7.09. The van der Waals surface area contributed by atoms with Crippen molar-refractivity contribution in [3.8, 4) is 0 Å². The van der Waals surface area contributed by atoms with Crippen LogP contribution in [-0.2, 0) is 16.1 Å². The van der Waals surface area contributed by atoms with Gasteiger partial charge in [0, 0.05) is 30.9 Å². The molecule has 1 fully saturated rings. The summed E-state index contributed by atoms with van der Waals surface area (Å²) in [5.74, 6) is -1.64. The number of piperidine rings is 1. The summed E-state index contributed by atoms with van der Waals surface area (Å²) in [5, 5.41) is 2.78. The lowest BCUT2D eigenvalue weighted by Crippen LogP contribution is -2.45. The summed E-state index contributed by atoms with van der Waals surface area (Å²) in [5.41, 5.74) is 2.26. The highest BCUT2D eigenvalue weighted by Gasteiger charge is 2.31. The van der Waals surface area contributed by atoms with Gasteiger partial charge in [-0.25, -0.2) is 9.18 Å². The average molecular weight is 429 g/mol. The Hall–Kier alpha value is -3.16. The summed E-state index contributed by atoms with van der Waals surface area (Å²) in [6, 6.07) is 6.30. The number of halogens is 1. The molecule has 1 aliphatic heterocycles. The van der Waals surface area contributed by atoms with Gasteiger partial charge < -0.3 is 19.9 Å². The van der Waals surface area contributed by atoms with E-state index in [0.717, 1.165) is 0 Å². The monoisotopic (exact) mass is 429 g/mol. The third-order valence-electron chi connectivity index (χ3n) is 5.62. The molecule has 0 bridgehead atoms. The fourth-order valence-electron chi connectivity index (χ4n) is 3.98. The minimum atomic E-state index is -0.461. The molecule has 1 aromatic carbocycles. The number of hydrogen-bond donors (Lipinski definition) is 2. The quantitative estimate of drug-likeness (QED) is 0.691. The molecule has 1 aromatic heterocycles. The molecule has 2 aromatic rings. The Bertz CT molecular complexity index is 985. The van der Waals surface area contributed by atoms with Gasteiger partial charge in [0.2, 0.25) is 5.91 Å². The second-order valence-corrected chi connectivity index (χ2v) is 7.75. The van der Waals surface area contributed by atoms with E-state index in [1.807, 2.05) is 0 Å². The third-order valence-corrected chi connectivity index (χ3v) is 5.62. The molecule has 2 amide bonds. The summed E-state index contributed by atoms with van der Waals surface area (Å²) in [4.78, 5) is 42.6. The molecule has 3 rings (SSSR count). The van der Waals surface area contributed by atoms with Crippen LogP contribution in [0, 0.1) is 25.6 Å². The van der Waals surface area contributed by atoms with Gasteiger partial charge in [-0.15, -0.1) is 0 Å². The van der Waals surface area contributed by atoms with Crippen molar-refractivity contribution in [1.29, 1.82) is 0 Å². The number of aryl methyl sites for hydroxylation is 1. The lowest BCUT2D eigenvalue weighted by molar-refractivity contribution is -0.126. The molecule has 0 spiro atoms. The maximum Gasteiger partial charge on any atom is 0.340 e.